The maximum atomic E-state index is 2.54. The van der Waals surface area contributed by atoms with Gasteiger partial charge in [-0.05, 0) is 98.2 Å². The Labute approximate surface area is 334 Å². The van der Waals surface area contributed by atoms with E-state index in [-0.39, 0.29) is 0 Å². The third-order valence-corrected chi connectivity index (χ3v) is 14.2. The van der Waals surface area contributed by atoms with Crippen molar-refractivity contribution in [2.75, 3.05) is 4.90 Å². The van der Waals surface area contributed by atoms with Gasteiger partial charge in [-0.15, -0.1) is 11.3 Å². The highest BCUT2D eigenvalue weighted by Gasteiger charge is 2.51. The summed E-state index contributed by atoms with van der Waals surface area (Å²) in [6.07, 6.45) is 0. The molecule has 0 radical (unpaired) electrons. The fourth-order valence-corrected chi connectivity index (χ4v) is 12.0. The quantitative estimate of drug-likeness (QED) is 0.176. The van der Waals surface area contributed by atoms with Crippen LogP contribution in [-0.2, 0) is 5.41 Å². The van der Waals surface area contributed by atoms with Crippen molar-refractivity contribution >= 4 is 71.1 Å². The maximum absolute atomic E-state index is 2.54. The normalized spacial score (nSPS) is 13.4. The highest BCUT2D eigenvalue weighted by molar-refractivity contribution is 7.99. The van der Waals surface area contributed by atoms with Gasteiger partial charge in [-0.2, -0.15) is 0 Å². The number of hydrogen-bond acceptors (Lipinski definition) is 3. The van der Waals surface area contributed by atoms with Crippen molar-refractivity contribution in [2.24, 2.45) is 0 Å². The van der Waals surface area contributed by atoms with Crippen LogP contribution in [-0.4, -0.2) is 0 Å². The molecule has 9 aromatic carbocycles. The summed E-state index contributed by atoms with van der Waals surface area (Å²) in [4.78, 5) is 5.15. The minimum Gasteiger partial charge on any atom is -0.309 e. The Kier molecular flexibility index (Phi) is 7.01. The van der Waals surface area contributed by atoms with Crippen LogP contribution in [0.25, 0.3) is 53.2 Å². The third-order valence-electron chi connectivity index (χ3n) is 11.9. The molecule has 0 bridgehead atoms. The van der Waals surface area contributed by atoms with E-state index in [4.69, 9.17) is 0 Å². The molecular weight excluding hydrogens is 715 g/mol. The lowest BCUT2D eigenvalue weighted by Gasteiger charge is -2.40. The minimum absolute atomic E-state index is 0.522. The standard InChI is InChI=1S/C53H33NS2/c1-2-15-34(16-3-1)37-18-6-10-23-45(37)54(46-24-14-28-50-51(46)41-20-7-11-25-47(41)55-50)36-30-32-39-40-31-29-35-17-4-5-19-38(35)52(40)53(44(39)33-36)42-21-8-12-26-48(42)56-49-27-13-9-22-43(49)53/h1-33H. The minimum atomic E-state index is -0.522. The lowest BCUT2D eigenvalue weighted by atomic mass is 9.66. The molecule has 2 aliphatic rings. The Morgan fingerprint density at radius 1 is 0.411 bits per heavy atom. The van der Waals surface area contributed by atoms with E-state index in [0.29, 0.717) is 0 Å². The van der Waals surface area contributed by atoms with Crippen LogP contribution in [0.1, 0.15) is 22.3 Å². The topological polar surface area (TPSA) is 3.24 Å². The monoisotopic (exact) mass is 747 g/mol. The number of fused-ring (bicyclic) bond motifs is 14. The zero-order valence-corrected chi connectivity index (χ0v) is 31.9. The van der Waals surface area contributed by atoms with Crippen molar-refractivity contribution in [3.63, 3.8) is 0 Å². The van der Waals surface area contributed by atoms with Crippen molar-refractivity contribution in [1.82, 2.24) is 0 Å². The first-order chi connectivity index (χ1) is 27.8. The fraction of sp³-hybridized carbons (Fsp3) is 0.0189. The van der Waals surface area contributed by atoms with E-state index >= 15 is 0 Å². The molecule has 3 heteroatoms. The summed E-state index contributed by atoms with van der Waals surface area (Å²) in [5, 5.41) is 5.14. The van der Waals surface area contributed by atoms with Crippen molar-refractivity contribution in [3.8, 4) is 22.3 Å². The van der Waals surface area contributed by atoms with E-state index in [0.717, 1.165) is 11.4 Å². The van der Waals surface area contributed by atoms with Crippen LogP contribution in [0, 0.1) is 0 Å². The summed E-state index contributed by atoms with van der Waals surface area (Å²) in [6, 6.07) is 74.6. The third kappa shape index (κ3) is 4.44. The van der Waals surface area contributed by atoms with Crippen LogP contribution >= 0.6 is 23.1 Å². The molecule has 12 rings (SSSR count). The molecule has 0 saturated heterocycles. The maximum Gasteiger partial charge on any atom is 0.0742 e. The zero-order valence-electron chi connectivity index (χ0n) is 30.3. The molecule has 10 aromatic rings. The van der Waals surface area contributed by atoms with Crippen molar-refractivity contribution in [1.29, 1.82) is 0 Å². The molecule has 0 amide bonds. The van der Waals surface area contributed by atoms with Gasteiger partial charge in [0.05, 0.1) is 16.8 Å². The SMILES string of the molecule is c1ccc(-c2ccccc2N(c2ccc3c(c2)C2(c4ccccc4Sc4ccccc42)c2c-3ccc3ccccc23)c2cccc3sc4ccccc4c23)cc1. The molecule has 1 spiro atoms. The molecule has 56 heavy (non-hydrogen) atoms. The van der Waals surface area contributed by atoms with E-state index in [2.05, 4.69) is 205 Å². The number of anilines is 3. The molecule has 0 unspecified atom stereocenters. The Morgan fingerprint density at radius 2 is 1.05 bits per heavy atom. The van der Waals surface area contributed by atoms with Gasteiger partial charge < -0.3 is 4.90 Å². The molecule has 262 valence electrons. The first-order valence-electron chi connectivity index (χ1n) is 19.2. The fourth-order valence-electron chi connectivity index (χ4n) is 9.69. The molecule has 0 N–H and O–H groups in total. The average molecular weight is 748 g/mol. The molecular formula is C53H33NS2. The second-order valence-corrected chi connectivity index (χ2v) is 16.9. The summed E-state index contributed by atoms with van der Waals surface area (Å²) in [6.45, 7) is 0. The predicted octanol–water partition coefficient (Wildman–Crippen LogP) is 15.2. The number of rotatable bonds is 4. The second kappa shape index (κ2) is 12.3. The number of benzene rings is 9. The molecule has 1 aliphatic carbocycles. The summed E-state index contributed by atoms with van der Waals surface area (Å²) in [7, 11) is 0. The van der Waals surface area contributed by atoms with Gasteiger partial charge in [0.25, 0.3) is 0 Å². The highest BCUT2D eigenvalue weighted by atomic mass is 32.2. The van der Waals surface area contributed by atoms with E-state index in [1.165, 1.54) is 90.9 Å². The molecule has 0 fully saturated rings. The Bertz CT molecular complexity index is 3150. The molecule has 2 heterocycles. The van der Waals surface area contributed by atoms with Crippen molar-refractivity contribution in [2.45, 2.75) is 15.2 Å². The van der Waals surface area contributed by atoms with Gasteiger partial charge in [-0.3, -0.25) is 0 Å². The number of nitrogens with zero attached hydrogens (tertiary/aromatic N) is 1. The lowest BCUT2D eigenvalue weighted by Crippen LogP contribution is -2.32. The molecule has 1 nitrogen and oxygen atoms in total. The van der Waals surface area contributed by atoms with Crippen LogP contribution in [0.5, 0.6) is 0 Å². The number of thiophene rings is 1. The first kappa shape index (κ1) is 31.9. The van der Waals surface area contributed by atoms with E-state index in [1.54, 1.807) is 0 Å². The number of para-hydroxylation sites is 1. The molecule has 0 atom stereocenters. The van der Waals surface area contributed by atoms with E-state index in [9.17, 15) is 0 Å². The van der Waals surface area contributed by atoms with Gasteiger partial charge in [0.2, 0.25) is 0 Å². The molecule has 0 saturated carbocycles. The lowest BCUT2D eigenvalue weighted by molar-refractivity contribution is 0.728. The van der Waals surface area contributed by atoms with Crippen LogP contribution in [0.3, 0.4) is 0 Å². The summed E-state index contributed by atoms with van der Waals surface area (Å²) in [5.74, 6) is 0. The van der Waals surface area contributed by atoms with Crippen LogP contribution in [0.4, 0.5) is 17.1 Å². The van der Waals surface area contributed by atoms with Gasteiger partial charge in [-0.1, -0.05) is 163 Å². The Balaban J connectivity index is 1.22. The smallest absolute Gasteiger partial charge is 0.0742 e. The summed E-state index contributed by atoms with van der Waals surface area (Å²) >= 11 is 3.77. The Hall–Kier alpha value is -6.39. The average Bonchev–Trinajstić information content (AvgIpc) is 3.79. The largest absolute Gasteiger partial charge is 0.309 e. The molecule has 1 aliphatic heterocycles. The van der Waals surface area contributed by atoms with Crippen molar-refractivity contribution < 1.29 is 0 Å². The van der Waals surface area contributed by atoms with Gasteiger partial charge in [0, 0.05) is 41.2 Å². The first-order valence-corrected chi connectivity index (χ1v) is 20.8. The van der Waals surface area contributed by atoms with Crippen LogP contribution < -0.4 is 4.90 Å². The summed E-state index contributed by atoms with van der Waals surface area (Å²) in [5.41, 5.74) is 13.3. The number of hydrogen-bond donors (Lipinski definition) is 0. The van der Waals surface area contributed by atoms with E-state index in [1.807, 2.05) is 23.1 Å². The second-order valence-electron chi connectivity index (χ2n) is 14.8. The van der Waals surface area contributed by atoms with Crippen molar-refractivity contribution in [3.05, 3.63) is 222 Å². The zero-order chi connectivity index (χ0) is 36.8. The van der Waals surface area contributed by atoms with Gasteiger partial charge in [0.1, 0.15) is 0 Å². The van der Waals surface area contributed by atoms with Gasteiger partial charge >= 0.3 is 0 Å². The predicted molar refractivity (Wildman–Crippen MR) is 238 cm³/mol. The summed E-state index contributed by atoms with van der Waals surface area (Å²) < 4.78 is 2.59. The Morgan fingerprint density at radius 3 is 1.89 bits per heavy atom. The highest BCUT2D eigenvalue weighted by Crippen LogP contribution is 2.64. The molecule has 1 aromatic heterocycles. The van der Waals surface area contributed by atoms with Gasteiger partial charge in [0.15, 0.2) is 0 Å². The van der Waals surface area contributed by atoms with E-state index < -0.39 is 5.41 Å². The van der Waals surface area contributed by atoms with Crippen LogP contribution in [0.15, 0.2) is 210 Å². The van der Waals surface area contributed by atoms with Gasteiger partial charge in [-0.25, -0.2) is 0 Å². The van der Waals surface area contributed by atoms with Crippen LogP contribution in [0.2, 0.25) is 0 Å².